The molecule has 0 aliphatic carbocycles. The zero-order valence-electron chi connectivity index (χ0n) is 6.45. The van der Waals surface area contributed by atoms with Crippen LogP contribution in [0.25, 0.3) is 5.00 Å². The number of hydrogen-bond acceptors (Lipinski definition) is 4. The molecular weight excluding hydrogens is 190 g/mol. The van der Waals surface area contributed by atoms with Crippen LogP contribution in [0.2, 0.25) is 0 Å². The van der Waals surface area contributed by atoms with Crippen molar-refractivity contribution < 1.29 is 4.92 Å². The lowest BCUT2D eigenvalue weighted by Crippen LogP contribution is -1.88. The third-order valence-electron chi connectivity index (χ3n) is 1.49. The lowest BCUT2D eigenvalue weighted by atomic mass is 10.6. The van der Waals surface area contributed by atoms with Gasteiger partial charge in [0.2, 0.25) is 0 Å². The third-order valence-corrected chi connectivity index (χ3v) is 2.51. The first-order chi connectivity index (χ1) is 6.27. The van der Waals surface area contributed by atoms with Gasteiger partial charge in [-0.1, -0.05) is 0 Å². The van der Waals surface area contributed by atoms with Crippen molar-refractivity contribution in [1.82, 2.24) is 9.78 Å². The summed E-state index contributed by atoms with van der Waals surface area (Å²) in [7, 11) is 0. The summed E-state index contributed by atoms with van der Waals surface area (Å²) < 4.78 is 1.59. The maximum Gasteiger partial charge on any atom is 0.326 e. The van der Waals surface area contributed by atoms with Gasteiger partial charge in [-0.05, 0) is 23.5 Å². The molecule has 13 heavy (non-hydrogen) atoms. The molecule has 0 fully saturated rings. The van der Waals surface area contributed by atoms with Crippen LogP contribution in [0.4, 0.5) is 5.00 Å². The summed E-state index contributed by atoms with van der Waals surface area (Å²) in [6.07, 6.45) is 3.38. The Bertz CT molecular complexity index is 421. The second kappa shape index (κ2) is 2.98. The molecule has 0 aliphatic heterocycles. The number of rotatable bonds is 2. The van der Waals surface area contributed by atoms with E-state index < -0.39 is 4.92 Å². The van der Waals surface area contributed by atoms with Crippen molar-refractivity contribution >= 4 is 16.3 Å². The Morgan fingerprint density at radius 3 is 2.92 bits per heavy atom. The summed E-state index contributed by atoms with van der Waals surface area (Å²) in [5.74, 6) is 0. The van der Waals surface area contributed by atoms with Crippen LogP contribution in [0.15, 0.2) is 30.6 Å². The molecule has 2 aromatic heterocycles. The zero-order chi connectivity index (χ0) is 9.26. The molecular formula is C7H5N3O2S. The molecule has 0 unspecified atom stereocenters. The highest BCUT2D eigenvalue weighted by molar-refractivity contribution is 7.17. The maximum atomic E-state index is 10.4. The van der Waals surface area contributed by atoms with Gasteiger partial charge in [-0.3, -0.25) is 10.1 Å². The van der Waals surface area contributed by atoms with Crippen molar-refractivity contribution in [2.24, 2.45) is 0 Å². The van der Waals surface area contributed by atoms with E-state index >= 15 is 0 Å². The summed E-state index contributed by atoms with van der Waals surface area (Å²) in [5.41, 5.74) is 0. The fourth-order valence-corrected chi connectivity index (χ4v) is 1.70. The number of aromatic nitrogens is 2. The largest absolute Gasteiger partial charge is 0.326 e. The predicted molar refractivity (Wildman–Crippen MR) is 48.1 cm³/mol. The van der Waals surface area contributed by atoms with Crippen molar-refractivity contribution in [3.63, 3.8) is 0 Å². The maximum absolute atomic E-state index is 10.4. The van der Waals surface area contributed by atoms with Gasteiger partial charge in [0.25, 0.3) is 0 Å². The van der Waals surface area contributed by atoms with Gasteiger partial charge >= 0.3 is 5.00 Å². The first kappa shape index (κ1) is 7.93. The van der Waals surface area contributed by atoms with Crippen LogP contribution >= 0.6 is 11.3 Å². The minimum atomic E-state index is -0.405. The van der Waals surface area contributed by atoms with Crippen molar-refractivity contribution in [1.29, 1.82) is 0 Å². The third kappa shape index (κ3) is 1.43. The molecule has 2 heterocycles. The molecule has 2 aromatic rings. The Labute approximate surface area is 77.4 Å². The molecule has 5 nitrogen and oxygen atoms in total. The normalized spacial score (nSPS) is 10.2. The van der Waals surface area contributed by atoms with Crippen molar-refractivity contribution in [2.75, 3.05) is 0 Å². The van der Waals surface area contributed by atoms with E-state index in [1.807, 2.05) is 0 Å². The summed E-state index contributed by atoms with van der Waals surface area (Å²) in [5, 5.41) is 15.2. The van der Waals surface area contributed by atoms with Crippen LogP contribution in [0.3, 0.4) is 0 Å². The predicted octanol–water partition coefficient (Wildman–Crippen LogP) is 1.84. The first-order valence-corrected chi connectivity index (χ1v) is 4.33. The minimum absolute atomic E-state index is 0.130. The van der Waals surface area contributed by atoms with E-state index in [0.29, 0.717) is 0 Å². The van der Waals surface area contributed by atoms with Gasteiger partial charge in [0.15, 0.2) is 0 Å². The first-order valence-electron chi connectivity index (χ1n) is 3.51. The monoisotopic (exact) mass is 195 g/mol. The Hall–Kier alpha value is -1.69. The molecule has 0 spiro atoms. The Kier molecular flexibility index (Phi) is 1.82. The standard InChI is InChI=1S/C7H5N3O2S/c11-10(12)7-3-2-6(13-7)9-5-1-4-8-9/h1-5H. The highest BCUT2D eigenvalue weighted by Gasteiger charge is 2.10. The van der Waals surface area contributed by atoms with Crippen molar-refractivity contribution in [3.8, 4) is 5.00 Å². The number of nitro groups is 1. The van der Waals surface area contributed by atoms with Gasteiger partial charge in [-0.15, -0.1) is 0 Å². The van der Waals surface area contributed by atoms with Gasteiger partial charge in [-0.25, -0.2) is 4.68 Å². The Balaban J connectivity index is 2.39. The van der Waals surface area contributed by atoms with Crippen LogP contribution in [-0.2, 0) is 0 Å². The average Bonchev–Trinajstić information content (AvgIpc) is 2.75. The summed E-state index contributed by atoms with van der Waals surface area (Å²) >= 11 is 1.10. The molecule has 0 aromatic carbocycles. The van der Waals surface area contributed by atoms with E-state index in [4.69, 9.17) is 0 Å². The molecule has 2 rings (SSSR count). The van der Waals surface area contributed by atoms with E-state index in [0.717, 1.165) is 16.3 Å². The van der Waals surface area contributed by atoms with E-state index in [1.54, 1.807) is 29.2 Å². The molecule has 66 valence electrons. The Morgan fingerprint density at radius 2 is 2.38 bits per heavy atom. The fraction of sp³-hybridized carbons (Fsp3) is 0. The molecule has 0 N–H and O–H groups in total. The van der Waals surface area contributed by atoms with Gasteiger partial charge in [0.1, 0.15) is 5.00 Å². The molecule has 0 bridgehead atoms. The van der Waals surface area contributed by atoms with Crippen LogP contribution < -0.4 is 0 Å². The second-order valence-corrected chi connectivity index (χ2v) is 3.36. The van der Waals surface area contributed by atoms with Gasteiger partial charge in [0.05, 0.1) is 4.92 Å². The molecule has 0 aliphatic rings. The van der Waals surface area contributed by atoms with Crippen LogP contribution in [0, 0.1) is 10.1 Å². The lowest BCUT2D eigenvalue weighted by molar-refractivity contribution is -0.380. The molecule has 0 atom stereocenters. The van der Waals surface area contributed by atoms with Crippen molar-refractivity contribution in [3.05, 3.63) is 40.7 Å². The number of thiophene rings is 1. The van der Waals surface area contributed by atoms with E-state index in [1.165, 1.54) is 6.07 Å². The highest BCUT2D eigenvalue weighted by atomic mass is 32.1. The zero-order valence-corrected chi connectivity index (χ0v) is 7.27. The Morgan fingerprint density at radius 1 is 1.54 bits per heavy atom. The van der Waals surface area contributed by atoms with Gasteiger partial charge in [0, 0.05) is 18.5 Å². The molecule has 0 saturated heterocycles. The molecule has 6 heteroatoms. The second-order valence-electron chi connectivity index (χ2n) is 2.32. The van der Waals surface area contributed by atoms with E-state index in [2.05, 4.69) is 5.10 Å². The topological polar surface area (TPSA) is 61.0 Å². The molecule has 0 amide bonds. The quantitative estimate of drug-likeness (QED) is 0.542. The van der Waals surface area contributed by atoms with Gasteiger partial charge < -0.3 is 0 Å². The van der Waals surface area contributed by atoms with E-state index in [9.17, 15) is 10.1 Å². The van der Waals surface area contributed by atoms with Gasteiger partial charge in [-0.2, -0.15) is 5.10 Å². The van der Waals surface area contributed by atoms with Crippen molar-refractivity contribution in [2.45, 2.75) is 0 Å². The van der Waals surface area contributed by atoms with Crippen LogP contribution in [0.5, 0.6) is 0 Å². The molecule has 0 saturated carbocycles. The SMILES string of the molecule is O=[N+]([O-])c1ccc(-n2cccn2)s1. The van der Waals surface area contributed by atoms with Crippen LogP contribution in [0.1, 0.15) is 0 Å². The summed E-state index contributed by atoms with van der Waals surface area (Å²) in [4.78, 5) is 9.97. The van der Waals surface area contributed by atoms with E-state index in [-0.39, 0.29) is 5.00 Å². The summed E-state index contributed by atoms with van der Waals surface area (Å²) in [6.45, 7) is 0. The molecule has 0 radical (unpaired) electrons. The smallest absolute Gasteiger partial charge is 0.258 e. The fourth-order valence-electron chi connectivity index (χ4n) is 0.938. The number of hydrogen-bond donors (Lipinski definition) is 0. The summed E-state index contributed by atoms with van der Waals surface area (Å²) in [6, 6.07) is 4.92. The number of nitrogens with zero attached hydrogens (tertiary/aromatic N) is 3. The highest BCUT2D eigenvalue weighted by Crippen LogP contribution is 2.26. The lowest BCUT2D eigenvalue weighted by Gasteiger charge is -1.91. The minimum Gasteiger partial charge on any atom is -0.258 e. The average molecular weight is 195 g/mol. The van der Waals surface area contributed by atoms with Crippen LogP contribution in [-0.4, -0.2) is 14.7 Å².